The molecule has 18 heavy (non-hydrogen) atoms. The number of aryl methyl sites for hydroxylation is 1. The summed E-state index contributed by atoms with van der Waals surface area (Å²) in [4.78, 5) is 7.04. The van der Waals surface area contributed by atoms with E-state index in [0.29, 0.717) is 6.04 Å². The van der Waals surface area contributed by atoms with Crippen LogP contribution in [0.25, 0.3) is 0 Å². The smallest absolute Gasteiger partial charge is 0.131 e. The van der Waals surface area contributed by atoms with Gasteiger partial charge in [-0.25, -0.2) is 4.98 Å². The van der Waals surface area contributed by atoms with Crippen molar-refractivity contribution < 1.29 is 0 Å². The Kier molecular flexibility index (Phi) is 3.32. The highest BCUT2D eigenvalue weighted by Crippen LogP contribution is 2.38. The van der Waals surface area contributed by atoms with Gasteiger partial charge in [-0.2, -0.15) is 0 Å². The Morgan fingerprint density at radius 1 is 1.33 bits per heavy atom. The summed E-state index contributed by atoms with van der Waals surface area (Å²) in [7, 11) is 0. The molecule has 3 nitrogen and oxygen atoms in total. The number of halogens is 1. The number of hydrogen-bond acceptors (Lipinski definition) is 3. The van der Waals surface area contributed by atoms with Crippen LogP contribution in [0.2, 0.25) is 0 Å². The van der Waals surface area contributed by atoms with Crippen molar-refractivity contribution in [2.45, 2.75) is 32.2 Å². The van der Waals surface area contributed by atoms with Crippen LogP contribution in [0.5, 0.6) is 0 Å². The largest absolute Gasteiger partial charge is 0.356 e. The molecular weight excluding hydrogens is 290 g/mol. The lowest BCUT2D eigenvalue weighted by Gasteiger charge is -2.27. The summed E-state index contributed by atoms with van der Waals surface area (Å²) in [6, 6.07) is 2.57. The molecule has 2 fully saturated rings. The van der Waals surface area contributed by atoms with Crippen molar-refractivity contribution in [3.05, 3.63) is 22.3 Å². The first-order valence-electron chi connectivity index (χ1n) is 6.76. The van der Waals surface area contributed by atoms with E-state index >= 15 is 0 Å². The third-order valence-electron chi connectivity index (χ3n) is 4.41. The number of aromatic nitrogens is 1. The van der Waals surface area contributed by atoms with Crippen LogP contribution >= 0.6 is 15.9 Å². The molecule has 1 saturated heterocycles. The standard InChI is InChI=1S/C14H20BrN3/c1-9-4-12(15)6-17-14(9)18-7-10-2-3-13(16)5-11(10)8-18/h4,6,10-11,13H,2-3,5,7-8,16H2,1H3/t10-,11+,13?/m1/s1. The topological polar surface area (TPSA) is 42.2 Å². The normalized spacial score (nSPS) is 31.5. The Labute approximate surface area is 117 Å². The Balaban J connectivity index is 1.78. The Hall–Kier alpha value is -0.610. The van der Waals surface area contributed by atoms with Crippen molar-refractivity contribution >= 4 is 21.7 Å². The summed E-state index contributed by atoms with van der Waals surface area (Å²) in [5.74, 6) is 2.76. The Morgan fingerprint density at radius 2 is 2.11 bits per heavy atom. The lowest BCUT2D eigenvalue weighted by Crippen LogP contribution is -2.32. The van der Waals surface area contributed by atoms with Crippen LogP contribution in [-0.2, 0) is 0 Å². The van der Waals surface area contributed by atoms with Crippen LogP contribution in [0.1, 0.15) is 24.8 Å². The van der Waals surface area contributed by atoms with E-state index < -0.39 is 0 Å². The van der Waals surface area contributed by atoms with Crippen LogP contribution in [0, 0.1) is 18.8 Å². The molecule has 3 atom stereocenters. The van der Waals surface area contributed by atoms with E-state index in [2.05, 4.69) is 38.8 Å². The number of anilines is 1. The van der Waals surface area contributed by atoms with Crippen LogP contribution in [0.4, 0.5) is 5.82 Å². The van der Waals surface area contributed by atoms with Crippen molar-refractivity contribution in [2.75, 3.05) is 18.0 Å². The van der Waals surface area contributed by atoms with Crippen LogP contribution in [0.3, 0.4) is 0 Å². The fourth-order valence-electron chi connectivity index (χ4n) is 3.50. The third-order valence-corrected chi connectivity index (χ3v) is 4.84. The van der Waals surface area contributed by atoms with Gasteiger partial charge in [0.1, 0.15) is 5.82 Å². The summed E-state index contributed by atoms with van der Waals surface area (Å²) in [6.07, 6.45) is 5.58. The number of nitrogens with zero attached hydrogens (tertiary/aromatic N) is 2. The van der Waals surface area contributed by atoms with Gasteiger partial charge in [-0.3, -0.25) is 0 Å². The van der Waals surface area contributed by atoms with Crippen LogP contribution in [0.15, 0.2) is 16.7 Å². The van der Waals surface area contributed by atoms with Crippen LogP contribution < -0.4 is 10.6 Å². The van der Waals surface area contributed by atoms with Gasteiger partial charge in [0, 0.05) is 29.8 Å². The van der Waals surface area contributed by atoms with Crippen molar-refractivity contribution in [1.82, 2.24) is 4.98 Å². The predicted molar refractivity (Wildman–Crippen MR) is 77.7 cm³/mol. The monoisotopic (exact) mass is 309 g/mol. The van der Waals surface area contributed by atoms with Crippen molar-refractivity contribution in [1.29, 1.82) is 0 Å². The van der Waals surface area contributed by atoms with Crippen LogP contribution in [-0.4, -0.2) is 24.1 Å². The first-order chi connectivity index (χ1) is 8.63. The molecule has 1 aliphatic heterocycles. The van der Waals surface area contributed by atoms with E-state index in [9.17, 15) is 0 Å². The van der Waals surface area contributed by atoms with Gasteiger partial charge in [0.15, 0.2) is 0 Å². The Bertz CT molecular complexity index is 449. The Morgan fingerprint density at radius 3 is 2.89 bits per heavy atom. The van der Waals surface area contributed by atoms with Gasteiger partial charge >= 0.3 is 0 Å². The van der Waals surface area contributed by atoms with Gasteiger partial charge in [-0.15, -0.1) is 0 Å². The molecule has 98 valence electrons. The fourth-order valence-corrected chi connectivity index (χ4v) is 3.95. The summed E-state index contributed by atoms with van der Waals surface area (Å²) < 4.78 is 1.06. The molecule has 4 heteroatoms. The molecule has 1 aromatic heterocycles. The van der Waals surface area contributed by atoms with E-state index in [4.69, 9.17) is 5.73 Å². The molecule has 1 saturated carbocycles. The maximum Gasteiger partial charge on any atom is 0.131 e. The first kappa shape index (κ1) is 12.4. The van der Waals surface area contributed by atoms with E-state index in [0.717, 1.165) is 35.2 Å². The number of nitrogens with two attached hydrogens (primary N) is 1. The molecule has 0 radical (unpaired) electrons. The highest BCUT2D eigenvalue weighted by atomic mass is 79.9. The summed E-state index contributed by atoms with van der Waals surface area (Å²) in [5.41, 5.74) is 7.34. The molecule has 0 spiro atoms. The van der Waals surface area contributed by atoms with Gasteiger partial charge in [0.05, 0.1) is 0 Å². The van der Waals surface area contributed by atoms with E-state index in [1.165, 1.54) is 24.8 Å². The molecule has 1 unspecified atom stereocenters. The van der Waals surface area contributed by atoms with Gasteiger partial charge in [-0.05, 0) is 65.6 Å². The van der Waals surface area contributed by atoms with Gasteiger partial charge < -0.3 is 10.6 Å². The molecule has 2 heterocycles. The molecule has 2 N–H and O–H groups in total. The maximum absolute atomic E-state index is 6.08. The maximum atomic E-state index is 6.08. The van der Waals surface area contributed by atoms with Gasteiger partial charge in [0.2, 0.25) is 0 Å². The molecule has 0 bridgehead atoms. The number of rotatable bonds is 1. The van der Waals surface area contributed by atoms with Crippen molar-refractivity contribution in [3.63, 3.8) is 0 Å². The number of pyridine rings is 1. The molecule has 1 aromatic rings. The van der Waals surface area contributed by atoms with Gasteiger partial charge in [0.25, 0.3) is 0 Å². The van der Waals surface area contributed by atoms with E-state index in [-0.39, 0.29) is 0 Å². The second-order valence-electron chi connectivity index (χ2n) is 5.79. The predicted octanol–water partition coefficient (Wildman–Crippen LogP) is 2.72. The minimum atomic E-state index is 0.421. The minimum absolute atomic E-state index is 0.421. The second-order valence-corrected chi connectivity index (χ2v) is 6.71. The second kappa shape index (κ2) is 4.82. The number of hydrogen-bond donors (Lipinski definition) is 1. The highest BCUT2D eigenvalue weighted by Gasteiger charge is 2.37. The zero-order valence-electron chi connectivity index (χ0n) is 10.8. The minimum Gasteiger partial charge on any atom is -0.356 e. The summed E-state index contributed by atoms with van der Waals surface area (Å²) in [5, 5.41) is 0. The van der Waals surface area contributed by atoms with Crippen molar-refractivity contribution in [2.24, 2.45) is 17.6 Å². The molecule has 1 aliphatic carbocycles. The van der Waals surface area contributed by atoms with Crippen molar-refractivity contribution in [3.8, 4) is 0 Å². The lowest BCUT2D eigenvalue weighted by atomic mass is 9.79. The molecule has 2 aliphatic rings. The quantitative estimate of drug-likeness (QED) is 0.867. The summed E-state index contributed by atoms with van der Waals surface area (Å²) in [6.45, 7) is 4.43. The highest BCUT2D eigenvalue weighted by molar-refractivity contribution is 9.10. The zero-order valence-corrected chi connectivity index (χ0v) is 12.4. The average Bonchev–Trinajstić information content (AvgIpc) is 2.71. The SMILES string of the molecule is Cc1cc(Br)cnc1N1C[C@H]2CCC(N)C[C@H]2C1. The molecule has 3 rings (SSSR count). The third kappa shape index (κ3) is 2.28. The fraction of sp³-hybridized carbons (Fsp3) is 0.643. The average molecular weight is 310 g/mol. The molecule has 0 amide bonds. The molecule has 0 aromatic carbocycles. The van der Waals surface area contributed by atoms with E-state index in [1.807, 2.05) is 6.20 Å². The first-order valence-corrected chi connectivity index (χ1v) is 7.55. The molecular formula is C14H20BrN3. The lowest BCUT2D eigenvalue weighted by molar-refractivity contribution is 0.271. The summed E-state index contributed by atoms with van der Waals surface area (Å²) >= 11 is 3.48. The van der Waals surface area contributed by atoms with E-state index in [1.54, 1.807) is 0 Å². The number of fused-ring (bicyclic) bond motifs is 1. The zero-order chi connectivity index (χ0) is 12.7. The van der Waals surface area contributed by atoms with Gasteiger partial charge in [-0.1, -0.05) is 0 Å².